The SMILES string of the molecule is O=C(CCN1CCN(C(=O)C2CCCC2)CC1)Nc1ccccc1. The smallest absolute Gasteiger partial charge is 0.225 e. The molecule has 5 heteroatoms. The standard InChI is InChI=1S/C19H27N3O2/c23-18(20-17-8-2-1-3-9-17)10-11-21-12-14-22(15-13-21)19(24)16-6-4-5-7-16/h1-3,8-9,16H,4-7,10-15H2,(H,20,23). The summed E-state index contributed by atoms with van der Waals surface area (Å²) >= 11 is 0. The van der Waals surface area contributed by atoms with Crippen LogP contribution in [0.2, 0.25) is 0 Å². The van der Waals surface area contributed by atoms with E-state index in [0.29, 0.717) is 12.3 Å². The number of carbonyl (C=O) groups excluding carboxylic acids is 2. The molecule has 3 rings (SSSR count). The molecule has 1 N–H and O–H groups in total. The highest BCUT2D eigenvalue weighted by molar-refractivity contribution is 5.90. The van der Waals surface area contributed by atoms with E-state index in [2.05, 4.69) is 10.2 Å². The van der Waals surface area contributed by atoms with E-state index in [1.807, 2.05) is 35.2 Å². The Kier molecular flexibility index (Phi) is 5.86. The summed E-state index contributed by atoms with van der Waals surface area (Å²) in [6.45, 7) is 4.10. The van der Waals surface area contributed by atoms with Crippen LogP contribution in [-0.2, 0) is 9.59 Å². The Labute approximate surface area is 144 Å². The number of nitrogens with one attached hydrogen (secondary N) is 1. The van der Waals surface area contributed by atoms with Gasteiger partial charge in [-0.15, -0.1) is 0 Å². The molecule has 0 spiro atoms. The maximum Gasteiger partial charge on any atom is 0.225 e. The van der Waals surface area contributed by atoms with Crippen LogP contribution in [0.25, 0.3) is 0 Å². The normalized spacial score (nSPS) is 19.4. The first-order valence-electron chi connectivity index (χ1n) is 9.08. The van der Waals surface area contributed by atoms with Crippen molar-refractivity contribution in [2.45, 2.75) is 32.1 Å². The van der Waals surface area contributed by atoms with E-state index < -0.39 is 0 Å². The molecule has 24 heavy (non-hydrogen) atoms. The quantitative estimate of drug-likeness (QED) is 0.902. The molecule has 0 radical (unpaired) electrons. The van der Waals surface area contributed by atoms with Gasteiger partial charge in [-0.1, -0.05) is 31.0 Å². The first-order valence-corrected chi connectivity index (χ1v) is 9.08. The molecule has 1 aliphatic carbocycles. The molecule has 0 atom stereocenters. The minimum atomic E-state index is 0.0469. The van der Waals surface area contributed by atoms with Gasteiger partial charge in [0.15, 0.2) is 0 Å². The molecule has 1 saturated heterocycles. The van der Waals surface area contributed by atoms with Crippen molar-refractivity contribution in [1.29, 1.82) is 0 Å². The summed E-state index contributed by atoms with van der Waals surface area (Å²) in [5, 5.41) is 2.92. The molecular formula is C19H27N3O2. The number of amides is 2. The van der Waals surface area contributed by atoms with Crippen molar-refractivity contribution >= 4 is 17.5 Å². The van der Waals surface area contributed by atoms with Gasteiger partial charge in [-0.25, -0.2) is 0 Å². The maximum atomic E-state index is 12.4. The van der Waals surface area contributed by atoms with E-state index in [9.17, 15) is 9.59 Å². The van der Waals surface area contributed by atoms with E-state index in [1.165, 1.54) is 12.8 Å². The Bertz CT molecular complexity index is 547. The zero-order valence-electron chi connectivity index (χ0n) is 14.2. The Balaban J connectivity index is 1.36. The van der Waals surface area contributed by atoms with E-state index in [4.69, 9.17) is 0 Å². The lowest BCUT2D eigenvalue weighted by atomic mass is 10.1. The van der Waals surface area contributed by atoms with Crippen LogP contribution in [0.15, 0.2) is 30.3 Å². The number of hydrogen-bond donors (Lipinski definition) is 1. The summed E-state index contributed by atoms with van der Waals surface area (Å²) in [5.74, 6) is 0.674. The second-order valence-corrected chi connectivity index (χ2v) is 6.81. The molecule has 0 aromatic heterocycles. The second-order valence-electron chi connectivity index (χ2n) is 6.81. The van der Waals surface area contributed by atoms with Crippen LogP contribution in [0.4, 0.5) is 5.69 Å². The van der Waals surface area contributed by atoms with E-state index in [0.717, 1.165) is 51.3 Å². The fraction of sp³-hybridized carbons (Fsp3) is 0.579. The van der Waals surface area contributed by atoms with Crippen LogP contribution in [0.1, 0.15) is 32.1 Å². The van der Waals surface area contributed by atoms with Gasteiger partial charge in [0.25, 0.3) is 0 Å². The van der Waals surface area contributed by atoms with Crippen LogP contribution in [0.5, 0.6) is 0 Å². The summed E-state index contributed by atoms with van der Waals surface area (Å²) < 4.78 is 0. The average molecular weight is 329 g/mol. The molecule has 2 aliphatic rings. The molecule has 5 nitrogen and oxygen atoms in total. The van der Waals surface area contributed by atoms with Crippen LogP contribution < -0.4 is 5.32 Å². The molecule has 1 saturated carbocycles. The van der Waals surface area contributed by atoms with Gasteiger partial charge in [0, 0.05) is 50.7 Å². The van der Waals surface area contributed by atoms with Crippen LogP contribution in [-0.4, -0.2) is 54.3 Å². The number of nitrogens with zero attached hydrogens (tertiary/aromatic N) is 2. The fourth-order valence-electron chi connectivity index (χ4n) is 3.63. The first kappa shape index (κ1) is 17.0. The van der Waals surface area contributed by atoms with Gasteiger partial charge in [0.05, 0.1) is 0 Å². The van der Waals surface area contributed by atoms with Gasteiger partial charge < -0.3 is 10.2 Å². The van der Waals surface area contributed by atoms with Crippen LogP contribution in [0.3, 0.4) is 0 Å². The van der Waals surface area contributed by atoms with Crippen molar-refractivity contribution < 1.29 is 9.59 Å². The predicted molar refractivity (Wildman–Crippen MR) is 94.7 cm³/mol. The topological polar surface area (TPSA) is 52.7 Å². The molecule has 1 heterocycles. The Morgan fingerprint density at radius 2 is 1.67 bits per heavy atom. The minimum Gasteiger partial charge on any atom is -0.340 e. The number of carbonyl (C=O) groups is 2. The molecule has 130 valence electrons. The Morgan fingerprint density at radius 1 is 1.00 bits per heavy atom. The van der Waals surface area contributed by atoms with Crippen molar-refractivity contribution in [2.24, 2.45) is 5.92 Å². The van der Waals surface area contributed by atoms with Gasteiger partial charge in [-0.2, -0.15) is 0 Å². The summed E-state index contributed by atoms with van der Waals surface area (Å²) in [6.07, 6.45) is 5.03. The van der Waals surface area contributed by atoms with Crippen LogP contribution in [0, 0.1) is 5.92 Å². The number of benzene rings is 1. The largest absolute Gasteiger partial charge is 0.340 e. The molecule has 1 aromatic rings. The van der Waals surface area contributed by atoms with Gasteiger partial charge in [-0.05, 0) is 25.0 Å². The first-order chi connectivity index (χ1) is 11.7. The summed E-state index contributed by atoms with van der Waals surface area (Å²) in [6, 6.07) is 9.55. The van der Waals surface area contributed by atoms with Crippen molar-refractivity contribution in [1.82, 2.24) is 9.80 Å². The third-order valence-electron chi connectivity index (χ3n) is 5.10. The summed E-state index contributed by atoms with van der Waals surface area (Å²) in [5.41, 5.74) is 0.842. The third kappa shape index (κ3) is 4.57. The van der Waals surface area contributed by atoms with Gasteiger partial charge in [0.2, 0.25) is 11.8 Å². The fourth-order valence-corrected chi connectivity index (χ4v) is 3.63. The lowest BCUT2D eigenvalue weighted by Crippen LogP contribution is -2.50. The van der Waals surface area contributed by atoms with E-state index in [-0.39, 0.29) is 11.8 Å². The van der Waals surface area contributed by atoms with Crippen molar-refractivity contribution in [3.8, 4) is 0 Å². The average Bonchev–Trinajstić information content (AvgIpc) is 3.15. The molecular weight excluding hydrogens is 302 g/mol. The monoisotopic (exact) mass is 329 g/mol. The molecule has 2 fully saturated rings. The minimum absolute atomic E-state index is 0.0469. The van der Waals surface area contributed by atoms with Crippen molar-refractivity contribution in [3.63, 3.8) is 0 Å². The highest BCUT2D eigenvalue weighted by Gasteiger charge is 2.29. The summed E-state index contributed by atoms with van der Waals surface area (Å²) in [7, 11) is 0. The molecule has 0 bridgehead atoms. The number of piperazine rings is 1. The Hall–Kier alpha value is -1.88. The number of anilines is 1. The van der Waals surface area contributed by atoms with Crippen LogP contribution >= 0.6 is 0 Å². The van der Waals surface area contributed by atoms with E-state index >= 15 is 0 Å². The van der Waals surface area contributed by atoms with E-state index in [1.54, 1.807) is 0 Å². The molecule has 0 unspecified atom stereocenters. The number of rotatable bonds is 5. The molecule has 1 aromatic carbocycles. The number of hydrogen-bond acceptors (Lipinski definition) is 3. The lowest BCUT2D eigenvalue weighted by molar-refractivity contribution is -0.137. The molecule has 2 amide bonds. The highest BCUT2D eigenvalue weighted by Crippen LogP contribution is 2.26. The lowest BCUT2D eigenvalue weighted by Gasteiger charge is -2.35. The zero-order chi connectivity index (χ0) is 16.8. The Morgan fingerprint density at radius 3 is 2.33 bits per heavy atom. The molecule has 1 aliphatic heterocycles. The van der Waals surface area contributed by atoms with Gasteiger partial charge in [-0.3, -0.25) is 14.5 Å². The zero-order valence-corrected chi connectivity index (χ0v) is 14.2. The maximum absolute atomic E-state index is 12.4. The highest BCUT2D eigenvalue weighted by atomic mass is 16.2. The third-order valence-corrected chi connectivity index (χ3v) is 5.10. The van der Waals surface area contributed by atoms with Crippen molar-refractivity contribution in [2.75, 3.05) is 38.0 Å². The predicted octanol–water partition coefficient (Wildman–Crippen LogP) is 2.35. The van der Waals surface area contributed by atoms with Crippen molar-refractivity contribution in [3.05, 3.63) is 30.3 Å². The van der Waals surface area contributed by atoms with Gasteiger partial charge in [0.1, 0.15) is 0 Å². The van der Waals surface area contributed by atoms with Gasteiger partial charge >= 0.3 is 0 Å². The summed E-state index contributed by atoms with van der Waals surface area (Å²) in [4.78, 5) is 28.7. The number of para-hydroxylation sites is 1. The second kappa shape index (κ2) is 8.29.